The third-order valence-corrected chi connectivity index (χ3v) is 3.43. The van der Waals surface area contributed by atoms with Crippen molar-refractivity contribution in [1.29, 1.82) is 0 Å². The van der Waals surface area contributed by atoms with Gasteiger partial charge < -0.3 is 9.47 Å². The van der Waals surface area contributed by atoms with E-state index >= 15 is 0 Å². The van der Waals surface area contributed by atoms with E-state index in [0.29, 0.717) is 12.5 Å². The van der Waals surface area contributed by atoms with E-state index in [2.05, 4.69) is 0 Å². The monoisotopic (exact) mass is 294 g/mol. The SMILES string of the molecule is O=C(C=Cc1ccc(Oc2ccccc2)cc1)OCC1CC1. The van der Waals surface area contributed by atoms with Crippen LogP contribution in [0.15, 0.2) is 60.7 Å². The number of benzene rings is 2. The minimum atomic E-state index is -0.281. The van der Waals surface area contributed by atoms with Crippen molar-refractivity contribution in [3.8, 4) is 11.5 Å². The van der Waals surface area contributed by atoms with Crippen LogP contribution in [0.25, 0.3) is 6.08 Å². The summed E-state index contributed by atoms with van der Waals surface area (Å²) in [4.78, 5) is 11.5. The molecule has 22 heavy (non-hydrogen) atoms. The third kappa shape index (κ3) is 4.48. The molecule has 1 fully saturated rings. The molecule has 2 aromatic rings. The number of hydrogen-bond acceptors (Lipinski definition) is 3. The van der Waals surface area contributed by atoms with E-state index in [0.717, 1.165) is 17.1 Å². The largest absolute Gasteiger partial charge is 0.462 e. The summed E-state index contributed by atoms with van der Waals surface area (Å²) in [6, 6.07) is 17.2. The molecule has 3 heteroatoms. The summed E-state index contributed by atoms with van der Waals surface area (Å²) in [5, 5.41) is 0. The van der Waals surface area contributed by atoms with Crippen LogP contribution in [0.2, 0.25) is 0 Å². The Bertz CT molecular complexity index is 640. The zero-order valence-electron chi connectivity index (χ0n) is 12.3. The van der Waals surface area contributed by atoms with Gasteiger partial charge in [-0.05, 0) is 54.7 Å². The minimum absolute atomic E-state index is 0.281. The maximum Gasteiger partial charge on any atom is 0.330 e. The number of carbonyl (C=O) groups is 1. The van der Waals surface area contributed by atoms with Crippen molar-refractivity contribution in [2.24, 2.45) is 5.92 Å². The summed E-state index contributed by atoms with van der Waals surface area (Å²) in [6.45, 7) is 0.549. The Hall–Kier alpha value is -2.55. The van der Waals surface area contributed by atoms with Crippen LogP contribution in [-0.4, -0.2) is 12.6 Å². The molecule has 0 N–H and O–H groups in total. The number of para-hydroxylation sites is 1. The first kappa shape index (κ1) is 14.4. The Balaban J connectivity index is 1.53. The molecule has 0 aliphatic heterocycles. The van der Waals surface area contributed by atoms with Crippen molar-refractivity contribution >= 4 is 12.0 Å². The van der Waals surface area contributed by atoms with Crippen LogP contribution in [0.1, 0.15) is 18.4 Å². The molecule has 2 aromatic carbocycles. The Morgan fingerprint density at radius 2 is 1.68 bits per heavy atom. The summed E-state index contributed by atoms with van der Waals surface area (Å²) >= 11 is 0. The molecule has 1 aliphatic carbocycles. The molecule has 0 bridgehead atoms. The summed E-state index contributed by atoms with van der Waals surface area (Å²) in [6.07, 6.45) is 5.58. The number of rotatable bonds is 6. The van der Waals surface area contributed by atoms with Gasteiger partial charge in [-0.3, -0.25) is 0 Å². The van der Waals surface area contributed by atoms with E-state index in [1.807, 2.05) is 54.6 Å². The Morgan fingerprint density at radius 3 is 2.36 bits per heavy atom. The fourth-order valence-corrected chi connectivity index (χ4v) is 1.97. The van der Waals surface area contributed by atoms with Crippen LogP contribution >= 0.6 is 0 Å². The van der Waals surface area contributed by atoms with Crippen LogP contribution in [0, 0.1) is 5.92 Å². The Morgan fingerprint density at radius 1 is 1.00 bits per heavy atom. The molecule has 0 spiro atoms. The smallest absolute Gasteiger partial charge is 0.330 e. The van der Waals surface area contributed by atoms with Gasteiger partial charge >= 0.3 is 5.97 Å². The quantitative estimate of drug-likeness (QED) is 0.583. The predicted molar refractivity (Wildman–Crippen MR) is 85.7 cm³/mol. The number of esters is 1. The molecule has 3 nitrogen and oxygen atoms in total. The zero-order chi connectivity index (χ0) is 15.2. The van der Waals surface area contributed by atoms with E-state index in [1.165, 1.54) is 18.9 Å². The van der Waals surface area contributed by atoms with Gasteiger partial charge in [0.2, 0.25) is 0 Å². The van der Waals surface area contributed by atoms with Crippen molar-refractivity contribution < 1.29 is 14.3 Å². The lowest BCUT2D eigenvalue weighted by Crippen LogP contribution is -2.03. The Labute approximate surface area is 130 Å². The minimum Gasteiger partial charge on any atom is -0.462 e. The maximum atomic E-state index is 11.5. The molecule has 1 aliphatic rings. The van der Waals surface area contributed by atoms with Gasteiger partial charge in [0.25, 0.3) is 0 Å². The van der Waals surface area contributed by atoms with Gasteiger partial charge in [-0.25, -0.2) is 4.79 Å². The molecular weight excluding hydrogens is 276 g/mol. The molecule has 0 radical (unpaired) electrons. The van der Waals surface area contributed by atoms with Gasteiger partial charge in [0, 0.05) is 6.08 Å². The molecule has 112 valence electrons. The fourth-order valence-electron chi connectivity index (χ4n) is 1.97. The first-order valence-corrected chi connectivity index (χ1v) is 7.47. The van der Waals surface area contributed by atoms with Crippen molar-refractivity contribution in [1.82, 2.24) is 0 Å². The van der Waals surface area contributed by atoms with Gasteiger partial charge in [0.15, 0.2) is 0 Å². The van der Waals surface area contributed by atoms with Crippen molar-refractivity contribution in [3.63, 3.8) is 0 Å². The lowest BCUT2D eigenvalue weighted by atomic mass is 10.2. The first-order valence-electron chi connectivity index (χ1n) is 7.47. The van der Waals surface area contributed by atoms with Crippen LogP contribution in [0.3, 0.4) is 0 Å². The standard InChI is InChI=1S/C19H18O3/c20-19(21-14-16-6-7-16)13-10-15-8-11-18(12-9-15)22-17-4-2-1-3-5-17/h1-5,8-13,16H,6-7,14H2. The average molecular weight is 294 g/mol. The second-order valence-corrected chi connectivity index (χ2v) is 5.39. The van der Waals surface area contributed by atoms with Crippen molar-refractivity contribution in [2.75, 3.05) is 6.61 Å². The van der Waals surface area contributed by atoms with Gasteiger partial charge in [0.05, 0.1) is 6.61 Å². The number of hydrogen-bond donors (Lipinski definition) is 0. The van der Waals surface area contributed by atoms with Gasteiger partial charge in [0.1, 0.15) is 11.5 Å². The normalized spacial score (nSPS) is 14.0. The van der Waals surface area contributed by atoms with E-state index in [4.69, 9.17) is 9.47 Å². The van der Waals surface area contributed by atoms with E-state index in [-0.39, 0.29) is 5.97 Å². The highest BCUT2D eigenvalue weighted by Crippen LogP contribution is 2.28. The van der Waals surface area contributed by atoms with Crippen molar-refractivity contribution in [3.05, 3.63) is 66.2 Å². The van der Waals surface area contributed by atoms with Crippen LogP contribution in [0.5, 0.6) is 11.5 Å². The fraction of sp³-hybridized carbons (Fsp3) is 0.211. The van der Waals surface area contributed by atoms with E-state index in [1.54, 1.807) is 6.08 Å². The second kappa shape index (κ2) is 6.94. The molecule has 0 aromatic heterocycles. The molecular formula is C19H18O3. The molecule has 0 saturated heterocycles. The number of ether oxygens (including phenoxy) is 2. The predicted octanol–water partition coefficient (Wildman–Crippen LogP) is 4.45. The second-order valence-electron chi connectivity index (χ2n) is 5.39. The van der Waals surface area contributed by atoms with E-state index < -0.39 is 0 Å². The van der Waals surface area contributed by atoms with Crippen LogP contribution in [-0.2, 0) is 9.53 Å². The molecule has 1 saturated carbocycles. The lowest BCUT2D eigenvalue weighted by molar-refractivity contribution is -0.138. The van der Waals surface area contributed by atoms with Gasteiger partial charge in [-0.2, -0.15) is 0 Å². The summed E-state index contributed by atoms with van der Waals surface area (Å²) in [7, 11) is 0. The van der Waals surface area contributed by atoms with Crippen LogP contribution < -0.4 is 4.74 Å². The third-order valence-electron chi connectivity index (χ3n) is 3.43. The Kier molecular flexibility index (Phi) is 4.54. The molecule has 3 rings (SSSR count). The summed E-state index contributed by atoms with van der Waals surface area (Å²) in [5.74, 6) is 1.87. The molecule has 0 amide bonds. The molecule has 0 heterocycles. The highest BCUT2D eigenvalue weighted by molar-refractivity contribution is 5.87. The maximum absolute atomic E-state index is 11.5. The van der Waals surface area contributed by atoms with Gasteiger partial charge in [-0.1, -0.05) is 30.3 Å². The highest BCUT2D eigenvalue weighted by Gasteiger charge is 2.22. The average Bonchev–Trinajstić information content (AvgIpc) is 3.38. The van der Waals surface area contributed by atoms with Crippen molar-refractivity contribution in [2.45, 2.75) is 12.8 Å². The van der Waals surface area contributed by atoms with Crippen LogP contribution in [0.4, 0.5) is 0 Å². The zero-order valence-corrected chi connectivity index (χ0v) is 12.3. The van der Waals surface area contributed by atoms with E-state index in [9.17, 15) is 4.79 Å². The highest BCUT2D eigenvalue weighted by atomic mass is 16.5. The topological polar surface area (TPSA) is 35.5 Å². The summed E-state index contributed by atoms with van der Waals surface area (Å²) < 4.78 is 10.9. The lowest BCUT2D eigenvalue weighted by Gasteiger charge is -2.05. The molecule has 0 unspecified atom stereocenters. The van der Waals surface area contributed by atoms with Gasteiger partial charge in [-0.15, -0.1) is 0 Å². The number of carbonyl (C=O) groups excluding carboxylic acids is 1. The molecule has 0 atom stereocenters. The first-order chi connectivity index (χ1) is 10.8. The summed E-state index contributed by atoms with van der Waals surface area (Å²) in [5.41, 5.74) is 0.934.